The van der Waals surface area contributed by atoms with E-state index in [2.05, 4.69) is 0 Å². The van der Waals surface area contributed by atoms with Crippen LogP contribution in [0.25, 0.3) is 0 Å². The molecule has 4 unspecified atom stereocenters. The highest BCUT2D eigenvalue weighted by molar-refractivity contribution is 5.78. The van der Waals surface area contributed by atoms with Crippen LogP contribution < -0.4 is 0 Å². The molecule has 0 radical (unpaired) electrons. The molecule has 2 rings (SSSR count). The van der Waals surface area contributed by atoms with E-state index in [0.717, 1.165) is 12.8 Å². The molecule has 14 heavy (non-hydrogen) atoms. The number of fused-ring (bicyclic) bond motifs is 2. The van der Waals surface area contributed by atoms with Crippen LogP contribution in [0.4, 0.5) is 0 Å². The molecule has 4 atom stereocenters. The van der Waals surface area contributed by atoms with Crippen LogP contribution in [0.3, 0.4) is 0 Å². The second-order valence-electron chi connectivity index (χ2n) is 4.70. The quantitative estimate of drug-likeness (QED) is 0.632. The second-order valence-corrected chi connectivity index (χ2v) is 4.70. The summed E-state index contributed by atoms with van der Waals surface area (Å²) in [6, 6.07) is 0. The van der Waals surface area contributed by atoms with Crippen molar-refractivity contribution in [3.8, 4) is 0 Å². The van der Waals surface area contributed by atoms with Crippen molar-refractivity contribution in [1.82, 2.24) is 0 Å². The Labute approximate surface area is 84.8 Å². The molecule has 2 saturated carbocycles. The van der Waals surface area contributed by atoms with Gasteiger partial charge in [0.05, 0.1) is 18.6 Å². The molecular formula is C11H18O3. The van der Waals surface area contributed by atoms with Gasteiger partial charge in [0.2, 0.25) is 0 Å². The van der Waals surface area contributed by atoms with Crippen LogP contribution >= 0.6 is 0 Å². The smallest absolute Gasteiger partial charge is 0.314 e. The van der Waals surface area contributed by atoms with Gasteiger partial charge in [0, 0.05) is 7.11 Å². The number of ether oxygens (including phenoxy) is 2. The summed E-state index contributed by atoms with van der Waals surface area (Å²) >= 11 is 0. The fourth-order valence-corrected chi connectivity index (χ4v) is 3.50. The van der Waals surface area contributed by atoms with Crippen LogP contribution in [0, 0.1) is 17.3 Å². The van der Waals surface area contributed by atoms with E-state index in [1.807, 2.05) is 6.92 Å². The number of carbonyl (C=O) groups excluding carboxylic acids is 1. The Morgan fingerprint density at radius 1 is 1.36 bits per heavy atom. The Morgan fingerprint density at radius 3 is 2.64 bits per heavy atom. The molecule has 0 amide bonds. The Hall–Kier alpha value is -0.570. The average Bonchev–Trinajstić information content (AvgIpc) is 2.75. The largest absolute Gasteiger partial charge is 0.469 e. The minimum absolute atomic E-state index is 0.0636. The van der Waals surface area contributed by atoms with Crippen LogP contribution in [0.15, 0.2) is 0 Å². The molecule has 0 saturated heterocycles. The first-order chi connectivity index (χ1) is 6.64. The average molecular weight is 198 g/mol. The third-order valence-electron chi connectivity index (χ3n) is 4.22. The predicted molar refractivity (Wildman–Crippen MR) is 51.8 cm³/mol. The summed E-state index contributed by atoms with van der Waals surface area (Å²) in [6.45, 7) is 2.00. The summed E-state index contributed by atoms with van der Waals surface area (Å²) in [4.78, 5) is 11.8. The molecule has 0 N–H and O–H groups in total. The number of carbonyl (C=O) groups is 1. The van der Waals surface area contributed by atoms with E-state index >= 15 is 0 Å². The standard InChI is InChI=1S/C11H18O3/c1-11(10(12)14-3)8-5-4-7(6-8)9(11)13-2/h7-9H,4-6H2,1-3H3. The molecule has 0 spiro atoms. The number of rotatable bonds is 2. The molecule has 3 heteroatoms. The zero-order valence-corrected chi connectivity index (χ0v) is 9.08. The monoisotopic (exact) mass is 198 g/mol. The van der Waals surface area contributed by atoms with Crippen molar-refractivity contribution in [2.75, 3.05) is 14.2 Å². The van der Waals surface area contributed by atoms with Crippen molar-refractivity contribution in [2.24, 2.45) is 17.3 Å². The summed E-state index contributed by atoms with van der Waals surface area (Å²) in [5, 5.41) is 0. The zero-order chi connectivity index (χ0) is 10.3. The van der Waals surface area contributed by atoms with E-state index in [1.165, 1.54) is 13.5 Å². The Morgan fingerprint density at radius 2 is 2.07 bits per heavy atom. The lowest BCUT2D eigenvalue weighted by atomic mass is 9.72. The van der Waals surface area contributed by atoms with Gasteiger partial charge in [0.1, 0.15) is 0 Å². The highest BCUT2D eigenvalue weighted by Crippen LogP contribution is 2.57. The Kier molecular flexibility index (Phi) is 2.30. The van der Waals surface area contributed by atoms with Gasteiger partial charge >= 0.3 is 5.97 Å². The fourth-order valence-electron chi connectivity index (χ4n) is 3.50. The van der Waals surface area contributed by atoms with Crippen molar-refractivity contribution >= 4 is 5.97 Å². The van der Waals surface area contributed by atoms with Crippen LogP contribution in [0.2, 0.25) is 0 Å². The lowest BCUT2D eigenvalue weighted by Gasteiger charge is -2.37. The summed E-state index contributed by atoms with van der Waals surface area (Å²) in [6.07, 6.45) is 3.55. The lowest BCUT2D eigenvalue weighted by Crippen LogP contribution is -2.46. The maximum atomic E-state index is 11.8. The van der Waals surface area contributed by atoms with Gasteiger partial charge in [-0.1, -0.05) is 0 Å². The summed E-state index contributed by atoms with van der Waals surface area (Å²) in [7, 11) is 3.17. The zero-order valence-electron chi connectivity index (χ0n) is 9.08. The van der Waals surface area contributed by atoms with Crippen LogP contribution in [-0.4, -0.2) is 26.3 Å². The molecule has 2 aliphatic carbocycles. The van der Waals surface area contributed by atoms with Crippen molar-refractivity contribution in [3.63, 3.8) is 0 Å². The van der Waals surface area contributed by atoms with Crippen LogP contribution in [0.5, 0.6) is 0 Å². The predicted octanol–water partition coefficient (Wildman–Crippen LogP) is 1.61. The van der Waals surface area contributed by atoms with Gasteiger partial charge in [-0.3, -0.25) is 4.79 Å². The Bertz CT molecular complexity index is 251. The van der Waals surface area contributed by atoms with Gasteiger partial charge < -0.3 is 9.47 Å². The Balaban J connectivity index is 2.28. The number of hydrogen-bond donors (Lipinski definition) is 0. The van der Waals surface area contributed by atoms with Gasteiger partial charge in [-0.25, -0.2) is 0 Å². The van der Waals surface area contributed by atoms with Crippen LogP contribution in [-0.2, 0) is 14.3 Å². The maximum Gasteiger partial charge on any atom is 0.314 e. The molecule has 0 aromatic carbocycles. The lowest BCUT2D eigenvalue weighted by molar-refractivity contribution is -0.165. The molecule has 80 valence electrons. The molecule has 0 heterocycles. The van der Waals surface area contributed by atoms with Crippen molar-refractivity contribution < 1.29 is 14.3 Å². The highest BCUT2D eigenvalue weighted by Gasteiger charge is 2.60. The fraction of sp³-hybridized carbons (Fsp3) is 0.909. The summed E-state index contributed by atoms with van der Waals surface area (Å²) in [5.41, 5.74) is -0.396. The normalized spacial score (nSPS) is 45.5. The first-order valence-electron chi connectivity index (χ1n) is 5.25. The SMILES string of the molecule is COC(=O)C1(C)C2CCC(C2)C1OC. The highest BCUT2D eigenvalue weighted by atomic mass is 16.5. The molecule has 0 aliphatic heterocycles. The van der Waals surface area contributed by atoms with Crippen LogP contribution in [0.1, 0.15) is 26.2 Å². The van der Waals surface area contributed by atoms with E-state index in [0.29, 0.717) is 11.8 Å². The van der Waals surface area contributed by atoms with Gasteiger partial charge in [-0.05, 0) is 38.0 Å². The van der Waals surface area contributed by atoms with Crippen molar-refractivity contribution in [3.05, 3.63) is 0 Å². The second kappa shape index (κ2) is 3.23. The van der Waals surface area contributed by atoms with Gasteiger partial charge in [-0.15, -0.1) is 0 Å². The van der Waals surface area contributed by atoms with E-state index in [-0.39, 0.29) is 12.1 Å². The third kappa shape index (κ3) is 1.05. The maximum absolute atomic E-state index is 11.8. The molecule has 2 fully saturated rings. The molecule has 3 nitrogen and oxygen atoms in total. The molecule has 2 aliphatic rings. The van der Waals surface area contributed by atoms with E-state index in [1.54, 1.807) is 7.11 Å². The van der Waals surface area contributed by atoms with Crippen molar-refractivity contribution in [2.45, 2.75) is 32.3 Å². The minimum atomic E-state index is -0.396. The number of hydrogen-bond acceptors (Lipinski definition) is 3. The topological polar surface area (TPSA) is 35.5 Å². The van der Waals surface area contributed by atoms with Gasteiger partial charge in [-0.2, -0.15) is 0 Å². The molecular weight excluding hydrogens is 180 g/mol. The number of esters is 1. The van der Waals surface area contributed by atoms with E-state index in [4.69, 9.17) is 9.47 Å². The van der Waals surface area contributed by atoms with E-state index < -0.39 is 5.41 Å². The number of methoxy groups -OCH3 is 2. The molecule has 2 bridgehead atoms. The first kappa shape index (κ1) is 9.97. The van der Waals surface area contributed by atoms with E-state index in [9.17, 15) is 4.79 Å². The van der Waals surface area contributed by atoms with Crippen molar-refractivity contribution in [1.29, 1.82) is 0 Å². The third-order valence-corrected chi connectivity index (χ3v) is 4.22. The van der Waals surface area contributed by atoms with Gasteiger partial charge in [0.25, 0.3) is 0 Å². The summed E-state index contributed by atoms with van der Waals surface area (Å²) in [5.74, 6) is 0.926. The molecule has 0 aromatic rings. The first-order valence-corrected chi connectivity index (χ1v) is 5.25. The van der Waals surface area contributed by atoms with Gasteiger partial charge in [0.15, 0.2) is 0 Å². The minimum Gasteiger partial charge on any atom is -0.469 e. The molecule has 0 aromatic heterocycles. The summed E-state index contributed by atoms with van der Waals surface area (Å²) < 4.78 is 10.4.